The zero-order valence-electron chi connectivity index (χ0n) is 18.3. The normalized spacial score (nSPS) is 15.4. The van der Waals surface area contributed by atoms with Crippen LogP contribution in [0.15, 0.2) is 71.8 Å². The van der Waals surface area contributed by atoms with Crippen LogP contribution in [0.1, 0.15) is 18.4 Å². The molecule has 0 aliphatic carbocycles. The molecule has 0 bridgehead atoms. The molecule has 4 aromatic rings. The van der Waals surface area contributed by atoms with Crippen molar-refractivity contribution in [1.82, 2.24) is 19.2 Å². The van der Waals surface area contributed by atoms with Crippen LogP contribution >= 0.6 is 0 Å². The van der Waals surface area contributed by atoms with Gasteiger partial charge >= 0.3 is 0 Å². The fourth-order valence-corrected chi connectivity index (χ4v) is 4.51. The van der Waals surface area contributed by atoms with Gasteiger partial charge in [-0.1, -0.05) is 29.8 Å². The van der Waals surface area contributed by atoms with Crippen molar-refractivity contribution in [3.8, 4) is 16.8 Å². The van der Waals surface area contributed by atoms with Gasteiger partial charge in [-0.25, -0.2) is 0 Å². The van der Waals surface area contributed by atoms with Crippen molar-refractivity contribution >= 4 is 10.9 Å². The predicted molar refractivity (Wildman–Crippen MR) is 127 cm³/mol. The third kappa shape index (κ3) is 4.24. The molecule has 0 saturated carbocycles. The maximum Gasteiger partial charge on any atom is 0.255 e. The molecular weight excluding hydrogens is 400 g/mol. The number of fused-ring (bicyclic) bond motifs is 1. The van der Waals surface area contributed by atoms with E-state index in [-0.39, 0.29) is 5.56 Å². The van der Waals surface area contributed by atoms with Crippen molar-refractivity contribution in [1.29, 1.82) is 0 Å². The Labute approximate surface area is 187 Å². The molecule has 0 radical (unpaired) electrons. The lowest BCUT2D eigenvalue weighted by Gasteiger charge is -2.19. The first-order valence-electron chi connectivity index (χ1n) is 11.2. The molecule has 6 heteroatoms. The molecular formula is C26H28N4O2. The molecule has 2 aromatic heterocycles. The van der Waals surface area contributed by atoms with Crippen molar-refractivity contribution in [2.24, 2.45) is 0 Å². The Morgan fingerprint density at radius 1 is 0.969 bits per heavy atom. The van der Waals surface area contributed by atoms with Crippen LogP contribution in [0.4, 0.5) is 0 Å². The van der Waals surface area contributed by atoms with E-state index < -0.39 is 6.10 Å². The van der Waals surface area contributed by atoms with Crippen LogP contribution in [-0.4, -0.2) is 50.1 Å². The van der Waals surface area contributed by atoms with Crippen molar-refractivity contribution in [3.63, 3.8) is 0 Å². The summed E-state index contributed by atoms with van der Waals surface area (Å²) in [5.41, 5.74) is 4.82. The average Bonchev–Trinajstić information content (AvgIpc) is 3.44. The molecule has 0 spiro atoms. The number of hydrogen-bond acceptors (Lipinski definition) is 4. The Balaban J connectivity index is 1.37. The zero-order valence-corrected chi connectivity index (χ0v) is 18.3. The number of β-amino-alcohol motifs (C(OH)–C–C–N with tert-alkyl or cyclic N) is 1. The van der Waals surface area contributed by atoms with Gasteiger partial charge in [-0.3, -0.25) is 14.0 Å². The monoisotopic (exact) mass is 428 g/mol. The number of aliphatic hydroxyl groups excluding tert-OH is 1. The van der Waals surface area contributed by atoms with E-state index in [1.54, 1.807) is 16.8 Å². The molecule has 0 unspecified atom stereocenters. The van der Waals surface area contributed by atoms with Gasteiger partial charge in [0, 0.05) is 29.9 Å². The summed E-state index contributed by atoms with van der Waals surface area (Å²) in [6.07, 6.45) is 5.60. The smallest absolute Gasteiger partial charge is 0.255 e. The minimum Gasteiger partial charge on any atom is -0.390 e. The van der Waals surface area contributed by atoms with E-state index in [1.165, 1.54) is 18.4 Å². The minimum absolute atomic E-state index is 0.0733. The lowest BCUT2D eigenvalue weighted by atomic mass is 10.1. The van der Waals surface area contributed by atoms with Crippen LogP contribution in [0.5, 0.6) is 0 Å². The first kappa shape index (κ1) is 20.7. The fraction of sp³-hybridized carbons (Fsp3) is 0.308. The number of aryl methyl sites for hydroxylation is 1. The van der Waals surface area contributed by atoms with Crippen molar-refractivity contribution in [3.05, 3.63) is 82.9 Å². The second-order valence-electron chi connectivity index (χ2n) is 8.72. The van der Waals surface area contributed by atoms with Gasteiger partial charge in [-0.05, 0) is 68.2 Å². The molecule has 0 amide bonds. The second-order valence-corrected chi connectivity index (χ2v) is 8.72. The fourth-order valence-electron chi connectivity index (χ4n) is 4.51. The van der Waals surface area contributed by atoms with Crippen LogP contribution in [0, 0.1) is 6.92 Å². The van der Waals surface area contributed by atoms with E-state index in [1.807, 2.05) is 54.2 Å². The van der Waals surface area contributed by atoms with Gasteiger partial charge in [0.25, 0.3) is 5.56 Å². The Hall–Kier alpha value is -3.22. The molecule has 1 aliphatic heterocycles. The summed E-state index contributed by atoms with van der Waals surface area (Å²) in [5, 5.41) is 15.9. The first-order valence-corrected chi connectivity index (χ1v) is 11.2. The van der Waals surface area contributed by atoms with Crippen LogP contribution < -0.4 is 5.56 Å². The number of pyridine rings is 1. The largest absolute Gasteiger partial charge is 0.390 e. The van der Waals surface area contributed by atoms with Crippen LogP contribution in [0.25, 0.3) is 27.7 Å². The van der Waals surface area contributed by atoms with E-state index in [0.29, 0.717) is 13.1 Å². The number of benzene rings is 2. The quantitative estimate of drug-likeness (QED) is 0.510. The number of hydrogen-bond donors (Lipinski definition) is 1. The average molecular weight is 429 g/mol. The molecule has 1 fully saturated rings. The van der Waals surface area contributed by atoms with Gasteiger partial charge in [0.05, 0.1) is 24.4 Å². The van der Waals surface area contributed by atoms with Crippen LogP contribution in [0.3, 0.4) is 0 Å². The zero-order chi connectivity index (χ0) is 22.1. The number of nitrogens with zero attached hydrogens (tertiary/aromatic N) is 4. The number of likely N-dealkylation sites (tertiary alicyclic amines) is 1. The lowest BCUT2D eigenvalue weighted by molar-refractivity contribution is 0.107. The highest BCUT2D eigenvalue weighted by molar-refractivity contribution is 5.81. The van der Waals surface area contributed by atoms with Crippen LogP contribution in [0.2, 0.25) is 0 Å². The number of aliphatic hydroxyl groups is 1. The molecule has 32 heavy (non-hydrogen) atoms. The third-order valence-corrected chi connectivity index (χ3v) is 6.26. The first-order chi connectivity index (χ1) is 15.6. The Morgan fingerprint density at radius 2 is 1.75 bits per heavy atom. The van der Waals surface area contributed by atoms with Gasteiger partial charge in [-0.15, -0.1) is 0 Å². The maximum absolute atomic E-state index is 12.8. The van der Waals surface area contributed by atoms with Gasteiger partial charge < -0.3 is 10.0 Å². The van der Waals surface area contributed by atoms with E-state index >= 15 is 0 Å². The summed E-state index contributed by atoms with van der Waals surface area (Å²) in [4.78, 5) is 15.1. The number of rotatable bonds is 6. The van der Waals surface area contributed by atoms with Gasteiger partial charge in [0.1, 0.15) is 0 Å². The molecule has 164 valence electrons. The van der Waals surface area contributed by atoms with Crippen molar-refractivity contribution in [2.45, 2.75) is 32.4 Å². The predicted octanol–water partition coefficient (Wildman–Crippen LogP) is 3.62. The second kappa shape index (κ2) is 8.73. The molecule has 3 heterocycles. The summed E-state index contributed by atoms with van der Waals surface area (Å²) in [6.45, 7) is 5.33. The summed E-state index contributed by atoms with van der Waals surface area (Å²) in [7, 11) is 0. The molecule has 6 nitrogen and oxygen atoms in total. The SMILES string of the molecule is Cc1ccc(-c2ccn(-c3ccc4c(cnn4C[C@H](O)CN4CCCC4)c3)c(=O)c2)cc1. The van der Waals surface area contributed by atoms with E-state index in [4.69, 9.17) is 0 Å². The van der Waals surface area contributed by atoms with Crippen LogP contribution in [-0.2, 0) is 6.54 Å². The number of aromatic nitrogens is 3. The molecule has 5 rings (SSSR count). The van der Waals surface area contributed by atoms with Crippen molar-refractivity contribution in [2.75, 3.05) is 19.6 Å². The Bertz CT molecular complexity index is 1280. The van der Waals surface area contributed by atoms with Crippen molar-refractivity contribution < 1.29 is 5.11 Å². The summed E-state index contributed by atoms with van der Waals surface area (Å²) < 4.78 is 3.50. The summed E-state index contributed by atoms with van der Waals surface area (Å²) >= 11 is 0. The van der Waals surface area contributed by atoms with E-state index in [2.05, 4.69) is 22.1 Å². The molecule has 2 aromatic carbocycles. The minimum atomic E-state index is -0.451. The highest BCUT2D eigenvalue weighted by Gasteiger charge is 2.17. The maximum atomic E-state index is 12.8. The van der Waals surface area contributed by atoms with Gasteiger partial charge in [0.15, 0.2) is 0 Å². The van der Waals surface area contributed by atoms with E-state index in [0.717, 1.165) is 40.8 Å². The van der Waals surface area contributed by atoms with Gasteiger partial charge in [-0.2, -0.15) is 5.10 Å². The lowest BCUT2D eigenvalue weighted by Crippen LogP contribution is -2.32. The summed E-state index contributed by atoms with van der Waals surface area (Å²) in [6, 6.07) is 17.7. The highest BCUT2D eigenvalue weighted by atomic mass is 16.3. The Kier molecular flexibility index (Phi) is 5.64. The molecule has 1 N–H and O–H groups in total. The van der Waals surface area contributed by atoms with E-state index in [9.17, 15) is 9.90 Å². The highest BCUT2D eigenvalue weighted by Crippen LogP contribution is 2.21. The molecule has 1 atom stereocenters. The standard InChI is InChI=1S/C26H28N4O2/c1-19-4-6-20(7-5-19)21-10-13-29(26(32)15-21)23-8-9-25-22(14-23)16-27-30(25)18-24(31)17-28-11-2-3-12-28/h4-10,13-16,24,31H,2-3,11-12,17-18H2,1H3/t24-/m1/s1. The molecule has 1 aliphatic rings. The Morgan fingerprint density at radius 3 is 2.50 bits per heavy atom. The molecule has 1 saturated heterocycles. The third-order valence-electron chi connectivity index (χ3n) is 6.26. The summed E-state index contributed by atoms with van der Waals surface area (Å²) in [5.74, 6) is 0. The topological polar surface area (TPSA) is 63.3 Å². The van der Waals surface area contributed by atoms with Gasteiger partial charge in [0.2, 0.25) is 0 Å².